The van der Waals surface area contributed by atoms with Crippen molar-refractivity contribution in [2.45, 2.75) is 56.2 Å². The van der Waals surface area contributed by atoms with Gasteiger partial charge in [0.1, 0.15) is 0 Å². The van der Waals surface area contributed by atoms with Crippen LogP contribution in [0.5, 0.6) is 0 Å². The number of carboxylic acid groups (broad SMARTS) is 1. The Kier molecular flexibility index (Phi) is 6.46. The molecule has 0 radical (unpaired) electrons. The molecule has 4 nitrogen and oxygen atoms in total. The van der Waals surface area contributed by atoms with Gasteiger partial charge in [-0.3, -0.25) is 0 Å². The molecule has 0 spiro atoms. The molecular formula is C14H15F7O4. The third-order valence-corrected chi connectivity index (χ3v) is 3.82. The van der Waals surface area contributed by atoms with E-state index in [9.17, 15) is 40.3 Å². The predicted molar refractivity (Wildman–Crippen MR) is 69.2 cm³/mol. The third-order valence-electron chi connectivity index (χ3n) is 3.82. The van der Waals surface area contributed by atoms with Crippen molar-refractivity contribution in [1.82, 2.24) is 0 Å². The maximum absolute atomic E-state index is 14.0. The molecule has 0 amide bonds. The van der Waals surface area contributed by atoms with Crippen molar-refractivity contribution < 1.29 is 50.2 Å². The quantitative estimate of drug-likeness (QED) is 0.431. The van der Waals surface area contributed by atoms with Gasteiger partial charge in [-0.2, -0.15) is 30.7 Å². The van der Waals surface area contributed by atoms with Crippen LogP contribution in [0.2, 0.25) is 0 Å². The molecule has 1 atom stereocenters. The fraction of sp³-hybridized carbons (Fsp3) is 0.714. The van der Waals surface area contributed by atoms with E-state index in [4.69, 9.17) is 5.11 Å². The fourth-order valence-corrected chi connectivity index (χ4v) is 2.57. The van der Waals surface area contributed by atoms with Crippen LogP contribution in [0.15, 0.2) is 12.2 Å². The summed E-state index contributed by atoms with van der Waals surface area (Å²) in [6.07, 6.45) is -8.27. The molecule has 1 unspecified atom stereocenters. The third kappa shape index (κ3) is 4.85. The molecule has 11 heteroatoms. The Bertz CT molecular complexity index is 522. The predicted octanol–water partition coefficient (Wildman–Crippen LogP) is 3.95. The number of hydrogen-bond acceptors (Lipinski definition) is 3. The van der Waals surface area contributed by atoms with Crippen LogP contribution < -0.4 is 0 Å². The Morgan fingerprint density at radius 2 is 1.48 bits per heavy atom. The van der Waals surface area contributed by atoms with Gasteiger partial charge in [-0.25, -0.2) is 9.59 Å². The highest BCUT2D eigenvalue weighted by atomic mass is 19.4. The standard InChI is InChI=1S/C14H15F7O4/c15-12(16,13(17,18)14(19,20)21)11(8-4-2-1-3-5-8)25-10(24)7-6-9(22)23/h6-8,11H,1-5H2,(H,22,23)/b7-6+. The first-order valence-electron chi connectivity index (χ1n) is 7.24. The highest BCUT2D eigenvalue weighted by Gasteiger charge is 2.77. The summed E-state index contributed by atoms with van der Waals surface area (Å²) in [5, 5.41) is 8.33. The largest absolute Gasteiger partial charge is 0.478 e. The lowest BCUT2D eigenvalue weighted by atomic mass is 9.81. The van der Waals surface area contributed by atoms with Crippen LogP contribution in [0, 0.1) is 5.92 Å². The lowest BCUT2D eigenvalue weighted by Gasteiger charge is -2.38. The molecule has 0 aromatic carbocycles. The SMILES string of the molecule is O=C(O)/C=C/C(=O)OC(C1CCCCC1)C(F)(F)C(F)(F)C(F)(F)F. The maximum Gasteiger partial charge on any atom is 0.460 e. The summed E-state index contributed by atoms with van der Waals surface area (Å²) in [5.74, 6) is -16.9. The molecule has 144 valence electrons. The summed E-state index contributed by atoms with van der Waals surface area (Å²) in [5.41, 5.74) is 0. The number of ether oxygens (including phenoxy) is 1. The molecule has 0 aromatic heterocycles. The summed E-state index contributed by atoms with van der Waals surface area (Å²) in [4.78, 5) is 21.7. The zero-order valence-electron chi connectivity index (χ0n) is 12.7. The molecule has 1 aliphatic rings. The number of alkyl halides is 7. The molecule has 25 heavy (non-hydrogen) atoms. The van der Waals surface area contributed by atoms with E-state index in [0.717, 1.165) is 0 Å². The van der Waals surface area contributed by atoms with E-state index in [1.807, 2.05) is 0 Å². The molecule has 1 aliphatic carbocycles. The van der Waals surface area contributed by atoms with Crippen molar-refractivity contribution in [2.75, 3.05) is 0 Å². The molecular weight excluding hydrogens is 365 g/mol. The maximum atomic E-state index is 14.0. The van der Waals surface area contributed by atoms with Crippen molar-refractivity contribution in [1.29, 1.82) is 0 Å². The lowest BCUT2D eigenvalue weighted by molar-refractivity contribution is -0.375. The summed E-state index contributed by atoms with van der Waals surface area (Å²) >= 11 is 0. The van der Waals surface area contributed by atoms with Crippen LogP contribution in [-0.4, -0.2) is 41.2 Å². The number of aliphatic carboxylic acids is 1. The summed E-state index contributed by atoms with van der Waals surface area (Å²) in [7, 11) is 0. The lowest BCUT2D eigenvalue weighted by Crippen LogP contribution is -2.60. The number of carboxylic acids is 1. The van der Waals surface area contributed by atoms with Gasteiger partial charge in [-0.15, -0.1) is 0 Å². The minimum Gasteiger partial charge on any atom is -0.478 e. The van der Waals surface area contributed by atoms with Gasteiger partial charge in [0.15, 0.2) is 6.10 Å². The Morgan fingerprint density at radius 1 is 0.960 bits per heavy atom. The minimum atomic E-state index is -6.55. The number of rotatable bonds is 6. The van der Waals surface area contributed by atoms with E-state index in [1.54, 1.807) is 0 Å². The van der Waals surface area contributed by atoms with Gasteiger partial charge in [-0.05, 0) is 12.8 Å². The van der Waals surface area contributed by atoms with Gasteiger partial charge in [-0.1, -0.05) is 19.3 Å². The van der Waals surface area contributed by atoms with Crippen LogP contribution in [0.1, 0.15) is 32.1 Å². The Labute approximate surface area is 137 Å². The summed E-state index contributed by atoms with van der Waals surface area (Å²) < 4.78 is 96.0. The van der Waals surface area contributed by atoms with Crippen molar-refractivity contribution in [3.8, 4) is 0 Å². The van der Waals surface area contributed by atoms with Crippen molar-refractivity contribution in [3.05, 3.63) is 12.2 Å². The number of halogens is 7. The molecule has 0 heterocycles. The van der Waals surface area contributed by atoms with Crippen LogP contribution in [0.3, 0.4) is 0 Å². The van der Waals surface area contributed by atoms with Crippen molar-refractivity contribution in [2.24, 2.45) is 5.92 Å². The molecule has 1 N–H and O–H groups in total. The first-order chi connectivity index (χ1) is 11.3. The second-order valence-electron chi connectivity index (χ2n) is 5.62. The van der Waals surface area contributed by atoms with Crippen LogP contribution in [0.4, 0.5) is 30.7 Å². The van der Waals surface area contributed by atoms with E-state index in [2.05, 4.69) is 4.74 Å². The zero-order valence-corrected chi connectivity index (χ0v) is 12.7. The van der Waals surface area contributed by atoms with Gasteiger partial charge in [0.2, 0.25) is 0 Å². The van der Waals surface area contributed by atoms with Gasteiger partial charge in [0, 0.05) is 18.1 Å². The molecule has 1 rings (SSSR count). The summed E-state index contributed by atoms with van der Waals surface area (Å²) in [6, 6.07) is 0. The topological polar surface area (TPSA) is 63.6 Å². The van der Waals surface area contributed by atoms with Gasteiger partial charge in [0.25, 0.3) is 0 Å². The normalized spacial score (nSPS) is 19.0. The highest BCUT2D eigenvalue weighted by Crippen LogP contribution is 2.51. The van der Waals surface area contributed by atoms with E-state index in [1.165, 1.54) is 0 Å². The Hall–Kier alpha value is -1.81. The zero-order chi connectivity index (χ0) is 19.5. The van der Waals surface area contributed by atoms with E-state index in [0.29, 0.717) is 19.3 Å². The monoisotopic (exact) mass is 380 g/mol. The second kappa shape index (κ2) is 7.61. The fourth-order valence-electron chi connectivity index (χ4n) is 2.57. The Morgan fingerprint density at radius 3 is 1.92 bits per heavy atom. The molecule has 1 fully saturated rings. The van der Waals surface area contributed by atoms with Gasteiger partial charge >= 0.3 is 30.0 Å². The average molecular weight is 380 g/mol. The first kappa shape index (κ1) is 21.2. The second-order valence-corrected chi connectivity index (χ2v) is 5.62. The van der Waals surface area contributed by atoms with Crippen LogP contribution >= 0.6 is 0 Å². The average Bonchev–Trinajstić information content (AvgIpc) is 2.50. The number of carbonyl (C=O) groups is 2. The van der Waals surface area contributed by atoms with Crippen molar-refractivity contribution >= 4 is 11.9 Å². The number of esters is 1. The molecule has 0 saturated heterocycles. The minimum absolute atomic E-state index is 0.121. The molecule has 0 aromatic rings. The van der Waals surface area contributed by atoms with Crippen LogP contribution in [0.25, 0.3) is 0 Å². The first-order valence-corrected chi connectivity index (χ1v) is 7.24. The van der Waals surface area contributed by atoms with Crippen LogP contribution in [-0.2, 0) is 14.3 Å². The Balaban J connectivity index is 3.16. The van der Waals surface area contributed by atoms with E-state index in [-0.39, 0.29) is 25.0 Å². The molecule has 0 bridgehead atoms. The van der Waals surface area contributed by atoms with Crippen molar-refractivity contribution in [3.63, 3.8) is 0 Å². The number of hydrogen-bond donors (Lipinski definition) is 1. The number of carbonyl (C=O) groups excluding carboxylic acids is 1. The molecule has 1 saturated carbocycles. The highest BCUT2D eigenvalue weighted by molar-refractivity contribution is 5.90. The van der Waals surface area contributed by atoms with E-state index >= 15 is 0 Å². The molecule has 0 aliphatic heterocycles. The van der Waals surface area contributed by atoms with Gasteiger partial charge in [0.05, 0.1) is 0 Å². The summed E-state index contributed by atoms with van der Waals surface area (Å²) in [6.45, 7) is 0. The van der Waals surface area contributed by atoms with Gasteiger partial charge < -0.3 is 9.84 Å². The van der Waals surface area contributed by atoms with E-state index < -0.39 is 42.0 Å². The smallest absolute Gasteiger partial charge is 0.460 e.